The van der Waals surface area contributed by atoms with Crippen molar-refractivity contribution in [1.29, 1.82) is 0 Å². The van der Waals surface area contributed by atoms with Crippen LogP contribution in [0.1, 0.15) is 19.3 Å². The molecule has 1 amide bonds. The van der Waals surface area contributed by atoms with Gasteiger partial charge in [-0.25, -0.2) is 9.97 Å². The molecule has 1 aliphatic rings. The summed E-state index contributed by atoms with van der Waals surface area (Å²) in [6, 6.07) is 0. The first-order chi connectivity index (χ1) is 8.56. The second kappa shape index (κ2) is 5.43. The van der Waals surface area contributed by atoms with E-state index in [1.165, 1.54) is 12.4 Å². The maximum Gasteiger partial charge on any atom is 0.306 e. The number of halogens is 1. The molecule has 0 aromatic carbocycles. The number of carboxylic acid groups (broad SMARTS) is 1. The van der Waals surface area contributed by atoms with Crippen LogP contribution in [0.2, 0.25) is 0 Å². The number of hydrogen-bond acceptors (Lipinski definition) is 4. The van der Waals surface area contributed by atoms with Crippen molar-refractivity contribution in [2.75, 3.05) is 5.32 Å². The fourth-order valence-corrected chi connectivity index (χ4v) is 2.25. The highest BCUT2D eigenvalue weighted by molar-refractivity contribution is 9.10. The van der Waals surface area contributed by atoms with Crippen molar-refractivity contribution >= 4 is 33.6 Å². The third kappa shape index (κ3) is 3.04. The van der Waals surface area contributed by atoms with E-state index < -0.39 is 11.9 Å². The number of amides is 1. The number of anilines is 1. The van der Waals surface area contributed by atoms with Crippen LogP contribution in [0, 0.1) is 11.8 Å². The first-order valence-electron chi connectivity index (χ1n) is 5.57. The highest BCUT2D eigenvalue weighted by Gasteiger charge is 2.33. The van der Waals surface area contributed by atoms with E-state index in [-0.39, 0.29) is 11.8 Å². The number of carbonyl (C=O) groups excluding carboxylic acids is 1. The zero-order chi connectivity index (χ0) is 13.1. The van der Waals surface area contributed by atoms with Gasteiger partial charge in [-0.3, -0.25) is 9.59 Å². The van der Waals surface area contributed by atoms with E-state index in [4.69, 9.17) is 5.11 Å². The van der Waals surface area contributed by atoms with Crippen LogP contribution in [0.4, 0.5) is 5.82 Å². The van der Waals surface area contributed by atoms with E-state index in [9.17, 15) is 9.59 Å². The Morgan fingerprint density at radius 3 is 2.56 bits per heavy atom. The van der Waals surface area contributed by atoms with Gasteiger partial charge in [-0.05, 0) is 35.2 Å². The van der Waals surface area contributed by atoms with E-state index >= 15 is 0 Å². The molecule has 1 aliphatic carbocycles. The SMILES string of the molecule is O=C(O)[C@H]1CC[C@@H](C(=O)Nc2cnc(Br)cn2)C1. The van der Waals surface area contributed by atoms with Crippen LogP contribution in [-0.2, 0) is 9.59 Å². The van der Waals surface area contributed by atoms with Crippen molar-refractivity contribution in [2.24, 2.45) is 11.8 Å². The zero-order valence-electron chi connectivity index (χ0n) is 9.47. The van der Waals surface area contributed by atoms with Gasteiger partial charge in [0, 0.05) is 5.92 Å². The second-order valence-electron chi connectivity index (χ2n) is 4.26. The van der Waals surface area contributed by atoms with Crippen molar-refractivity contribution in [3.05, 3.63) is 17.0 Å². The van der Waals surface area contributed by atoms with Crippen molar-refractivity contribution in [3.8, 4) is 0 Å². The molecule has 1 saturated carbocycles. The van der Waals surface area contributed by atoms with Gasteiger partial charge in [-0.15, -0.1) is 0 Å². The fourth-order valence-electron chi connectivity index (χ4n) is 2.05. The maximum atomic E-state index is 11.9. The molecule has 0 bridgehead atoms. The van der Waals surface area contributed by atoms with Crippen LogP contribution in [0.5, 0.6) is 0 Å². The van der Waals surface area contributed by atoms with Crippen LogP contribution in [0.25, 0.3) is 0 Å². The van der Waals surface area contributed by atoms with Crippen molar-refractivity contribution in [3.63, 3.8) is 0 Å². The molecule has 0 aliphatic heterocycles. The van der Waals surface area contributed by atoms with E-state index in [0.29, 0.717) is 29.7 Å². The Bertz CT molecular complexity index is 463. The number of hydrogen-bond donors (Lipinski definition) is 2. The summed E-state index contributed by atoms with van der Waals surface area (Å²) in [4.78, 5) is 30.6. The normalized spacial score (nSPS) is 22.7. The molecule has 1 aromatic rings. The molecule has 18 heavy (non-hydrogen) atoms. The molecule has 2 atom stereocenters. The van der Waals surface area contributed by atoms with E-state index in [1.807, 2.05) is 0 Å². The minimum Gasteiger partial charge on any atom is -0.481 e. The molecule has 6 nitrogen and oxygen atoms in total. The number of nitrogens with zero attached hydrogens (tertiary/aromatic N) is 2. The highest BCUT2D eigenvalue weighted by atomic mass is 79.9. The van der Waals surface area contributed by atoms with Crippen LogP contribution >= 0.6 is 15.9 Å². The molecule has 2 rings (SSSR count). The van der Waals surface area contributed by atoms with Crippen molar-refractivity contribution in [1.82, 2.24) is 9.97 Å². The first kappa shape index (κ1) is 12.9. The Balaban J connectivity index is 1.93. The number of carbonyl (C=O) groups is 2. The summed E-state index contributed by atoms with van der Waals surface area (Å²) in [7, 11) is 0. The Kier molecular flexibility index (Phi) is 3.90. The predicted molar refractivity (Wildman–Crippen MR) is 66.8 cm³/mol. The minimum absolute atomic E-state index is 0.185. The molecule has 1 fully saturated rings. The first-order valence-corrected chi connectivity index (χ1v) is 6.37. The lowest BCUT2D eigenvalue weighted by Crippen LogP contribution is -2.22. The summed E-state index contributed by atoms with van der Waals surface area (Å²) in [6.07, 6.45) is 4.49. The van der Waals surface area contributed by atoms with E-state index in [1.54, 1.807) is 0 Å². The van der Waals surface area contributed by atoms with Crippen molar-refractivity contribution in [2.45, 2.75) is 19.3 Å². The average molecular weight is 314 g/mol. The lowest BCUT2D eigenvalue weighted by molar-refractivity contribution is -0.141. The van der Waals surface area contributed by atoms with E-state index in [2.05, 4.69) is 31.2 Å². The van der Waals surface area contributed by atoms with Gasteiger partial charge in [0.15, 0.2) is 5.82 Å². The molecule has 0 radical (unpaired) electrons. The van der Waals surface area contributed by atoms with Crippen LogP contribution in [-0.4, -0.2) is 27.0 Å². The standard InChI is InChI=1S/C11H12BrN3O3/c12-8-4-14-9(5-13-8)15-10(16)6-1-2-7(3-6)11(17)18/h4-7H,1-3H2,(H,17,18)(H,14,15,16)/t6-,7+/m1/s1. The largest absolute Gasteiger partial charge is 0.481 e. The molecule has 1 aromatic heterocycles. The number of carboxylic acids is 1. The molecular weight excluding hydrogens is 302 g/mol. The molecule has 1 heterocycles. The van der Waals surface area contributed by atoms with Gasteiger partial charge in [0.05, 0.1) is 18.3 Å². The Morgan fingerprint density at radius 2 is 2.00 bits per heavy atom. The average Bonchev–Trinajstić information content (AvgIpc) is 2.81. The number of aliphatic carboxylic acids is 1. The summed E-state index contributed by atoms with van der Waals surface area (Å²) in [5, 5.41) is 11.5. The summed E-state index contributed by atoms with van der Waals surface area (Å²) in [6.45, 7) is 0. The smallest absolute Gasteiger partial charge is 0.306 e. The van der Waals surface area contributed by atoms with Crippen molar-refractivity contribution < 1.29 is 14.7 Å². The third-order valence-corrected chi connectivity index (χ3v) is 3.43. The van der Waals surface area contributed by atoms with Crippen LogP contribution < -0.4 is 5.32 Å². The number of nitrogens with one attached hydrogen (secondary N) is 1. The van der Waals surface area contributed by atoms with Gasteiger partial charge in [0.1, 0.15) is 4.60 Å². The highest BCUT2D eigenvalue weighted by Crippen LogP contribution is 2.31. The summed E-state index contributed by atoms with van der Waals surface area (Å²) >= 11 is 3.15. The topological polar surface area (TPSA) is 92.2 Å². The Labute approximate surface area is 112 Å². The molecule has 2 N–H and O–H groups in total. The minimum atomic E-state index is -0.825. The molecule has 0 spiro atoms. The molecule has 0 saturated heterocycles. The quantitative estimate of drug-likeness (QED) is 0.885. The maximum absolute atomic E-state index is 11.9. The van der Waals surface area contributed by atoms with Gasteiger partial charge < -0.3 is 10.4 Å². The van der Waals surface area contributed by atoms with Crippen LogP contribution in [0.3, 0.4) is 0 Å². The number of rotatable bonds is 3. The summed E-state index contributed by atoms with van der Waals surface area (Å²) < 4.78 is 0.590. The van der Waals surface area contributed by atoms with Gasteiger partial charge in [0.2, 0.25) is 5.91 Å². The van der Waals surface area contributed by atoms with Gasteiger partial charge >= 0.3 is 5.97 Å². The van der Waals surface area contributed by atoms with Gasteiger partial charge in [0.25, 0.3) is 0 Å². The van der Waals surface area contributed by atoms with E-state index in [0.717, 1.165) is 0 Å². The second-order valence-corrected chi connectivity index (χ2v) is 5.07. The molecule has 0 unspecified atom stereocenters. The third-order valence-electron chi connectivity index (χ3n) is 3.02. The Hall–Kier alpha value is -1.50. The Morgan fingerprint density at radius 1 is 1.28 bits per heavy atom. The molecular formula is C11H12BrN3O3. The monoisotopic (exact) mass is 313 g/mol. The lowest BCUT2D eigenvalue weighted by Gasteiger charge is -2.09. The fraction of sp³-hybridized carbons (Fsp3) is 0.455. The predicted octanol–water partition coefficient (Wildman–Crippen LogP) is 1.68. The summed E-state index contributed by atoms with van der Waals surface area (Å²) in [5.74, 6) is -1.29. The van der Waals surface area contributed by atoms with Gasteiger partial charge in [-0.1, -0.05) is 0 Å². The lowest BCUT2D eigenvalue weighted by atomic mass is 10.0. The van der Waals surface area contributed by atoms with Gasteiger partial charge in [-0.2, -0.15) is 0 Å². The number of aromatic nitrogens is 2. The summed E-state index contributed by atoms with van der Waals surface area (Å²) in [5.41, 5.74) is 0. The zero-order valence-corrected chi connectivity index (χ0v) is 11.1. The van der Waals surface area contributed by atoms with Crippen LogP contribution in [0.15, 0.2) is 17.0 Å². The molecule has 96 valence electrons. The molecule has 7 heteroatoms.